The van der Waals surface area contributed by atoms with Gasteiger partial charge in [0.25, 0.3) is 0 Å². The van der Waals surface area contributed by atoms with Gasteiger partial charge >= 0.3 is 5.97 Å². The van der Waals surface area contributed by atoms with Crippen molar-refractivity contribution in [1.82, 2.24) is 5.32 Å². The standard InChI is InChI=1S/C19H26BrNO5/c1-4-25-15-10-13(14(20)12-16(15)26-5-2)11-17(22)21-19(18(23)24-3)8-6-7-9-19/h10,12H,4-9,11H2,1-3H3,(H,21,22). The highest BCUT2D eigenvalue weighted by Crippen LogP contribution is 2.35. The van der Waals surface area contributed by atoms with Crippen LogP contribution in [0.4, 0.5) is 0 Å². The monoisotopic (exact) mass is 427 g/mol. The minimum atomic E-state index is -0.897. The van der Waals surface area contributed by atoms with Crippen molar-refractivity contribution in [3.8, 4) is 11.5 Å². The summed E-state index contributed by atoms with van der Waals surface area (Å²) in [6.45, 7) is 4.82. The van der Waals surface area contributed by atoms with E-state index in [1.54, 1.807) is 6.07 Å². The maximum Gasteiger partial charge on any atom is 0.331 e. The number of carbonyl (C=O) groups is 2. The third kappa shape index (κ3) is 4.69. The number of nitrogens with one attached hydrogen (secondary N) is 1. The maximum atomic E-state index is 12.6. The molecule has 7 heteroatoms. The molecule has 0 bridgehead atoms. The van der Waals surface area contributed by atoms with E-state index in [2.05, 4.69) is 21.2 Å². The molecule has 0 saturated heterocycles. The van der Waals surface area contributed by atoms with Gasteiger partial charge in [0.1, 0.15) is 5.54 Å². The number of methoxy groups -OCH3 is 1. The molecule has 6 nitrogen and oxygen atoms in total. The molecule has 1 aliphatic carbocycles. The third-order valence-electron chi connectivity index (χ3n) is 4.48. The zero-order valence-electron chi connectivity index (χ0n) is 15.5. The highest BCUT2D eigenvalue weighted by atomic mass is 79.9. The summed E-state index contributed by atoms with van der Waals surface area (Å²) in [4.78, 5) is 24.8. The van der Waals surface area contributed by atoms with Gasteiger partial charge in [-0.2, -0.15) is 0 Å². The molecular weight excluding hydrogens is 402 g/mol. The van der Waals surface area contributed by atoms with Gasteiger partial charge in [0.15, 0.2) is 11.5 Å². The summed E-state index contributed by atoms with van der Waals surface area (Å²) >= 11 is 3.49. The molecule has 1 amide bonds. The average molecular weight is 428 g/mol. The lowest BCUT2D eigenvalue weighted by Crippen LogP contribution is -2.53. The van der Waals surface area contributed by atoms with E-state index in [1.807, 2.05) is 19.9 Å². The van der Waals surface area contributed by atoms with Gasteiger partial charge in [-0.15, -0.1) is 0 Å². The molecule has 0 radical (unpaired) electrons. The Morgan fingerprint density at radius 2 is 1.69 bits per heavy atom. The number of carbonyl (C=O) groups excluding carboxylic acids is 2. The van der Waals surface area contributed by atoms with E-state index in [0.29, 0.717) is 37.6 Å². The van der Waals surface area contributed by atoms with Gasteiger partial charge < -0.3 is 19.5 Å². The summed E-state index contributed by atoms with van der Waals surface area (Å²) in [5.41, 5.74) is -0.126. The van der Waals surface area contributed by atoms with Crippen LogP contribution < -0.4 is 14.8 Å². The van der Waals surface area contributed by atoms with Gasteiger partial charge in [-0.25, -0.2) is 4.79 Å². The Kier molecular flexibility index (Phi) is 7.32. The number of benzene rings is 1. The zero-order valence-corrected chi connectivity index (χ0v) is 17.1. The summed E-state index contributed by atoms with van der Waals surface area (Å²) in [7, 11) is 1.35. The first kappa shape index (κ1) is 20.6. The van der Waals surface area contributed by atoms with Crippen molar-refractivity contribution < 1.29 is 23.8 Å². The van der Waals surface area contributed by atoms with E-state index in [0.717, 1.165) is 22.9 Å². The van der Waals surface area contributed by atoms with Crippen molar-refractivity contribution in [2.45, 2.75) is 51.5 Å². The third-order valence-corrected chi connectivity index (χ3v) is 5.21. The molecule has 0 aromatic heterocycles. The predicted octanol–water partition coefficient (Wildman–Crippen LogP) is 3.39. The van der Waals surface area contributed by atoms with Crippen molar-refractivity contribution in [2.24, 2.45) is 0 Å². The second kappa shape index (κ2) is 9.26. The molecule has 144 valence electrons. The van der Waals surface area contributed by atoms with Crippen LogP contribution in [0.1, 0.15) is 45.1 Å². The normalized spacial score (nSPS) is 15.4. The lowest BCUT2D eigenvalue weighted by atomic mass is 9.97. The first-order valence-corrected chi connectivity index (χ1v) is 9.72. The molecule has 1 aromatic rings. The number of amides is 1. The van der Waals surface area contributed by atoms with Gasteiger partial charge in [-0.1, -0.05) is 28.8 Å². The molecule has 1 saturated carbocycles. The molecule has 0 heterocycles. The molecule has 2 rings (SSSR count). The summed E-state index contributed by atoms with van der Waals surface area (Å²) < 4.78 is 16.9. The molecule has 1 N–H and O–H groups in total. The maximum absolute atomic E-state index is 12.6. The Labute approximate surface area is 162 Å². The van der Waals surface area contributed by atoms with Crippen LogP contribution in [0.5, 0.6) is 11.5 Å². The van der Waals surface area contributed by atoms with Crippen LogP contribution in [0.25, 0.3) is 0 Å². The summed E-state index contributed by atoms with van der Waals surface area (Å²) in [6.07, 6.45) is 3.15. The van der Waals surface area contributed by atoms with Crippen LogP contribution in [0, 0.1) is 0 Å². The number of esters is 1. The number of ether oxygens (including phenoxy) is 3. The van der Waals surface area contributed by atoms with Crippen molar-refractivity contribution in [3.05, 3.63) is 22.2 Å². The SMILES string of the molecule is CCOc1cc(Br)c(CC(=O)NC2(C(=O)OC)CCCC2)cc1OCC. The van der Waals surface area contributed by atoms with Gasteiger partial charge in [-0.3, -0.25) is 4.79 Å². The van der Waals surface area contributed by atoms with Crippen LogP contribution in [-0.4, -0.2) is 37.7 Å². The molecule has 1 aromatic carbocycles. The largest absolute Gasteiger partial charge is 0.490 e. The quantitative estimate of drug-likeness (QED) is 0.643. The Morgan fingerprint density at radius 1 is 1.12 bits per heavy atom. The Balaban J connectivity index is 2.17. The highest BCUT2D eigenvalue weighted by molar-refractivity contribution is 9.10. The van der Waals surface area contributed by atoms with E-state index in [1.165, 1.54) is 7.11 Å². The lowest BCUT2D eigenvalue weighted by Gasteiger charge is -2.27. The van der Waals surface area contributed by atoms with Gasteiger partial charge in [-0.05, 0) is 44.4 Å². The van der Waals surface area contributed by atoms with Crippen LogP contribution in [0.15, 0.2) is 16.6 Å². The van der Waals surface area contributed by atoms with Gasteiger partial charge in [0.05, 0.1) is 26.7 Å². The molecular formula is C19H26BrNO5. The predicted molar refractivity (Wildman–Crippen MR) is 102 cm³/mol. The minimum Gasteiger partial charge on any atom is -0.490 e. The Bertz CT molecular complexity index is 656. The topological polar surface area (TPSA) is 73.9 Å². The number of rotatable bonds is 8. The van der Waals surface area contributed by atoms with Crippen LogP contribution in [0.3, 0.4) is 0 Å². The summed E-state index contributed by atoms with van der Waals surface area (Å²) in [5, 5.41) is 2.90. The number of halogens is 1. The zero-order chi connectivity index (χ0) is 19.2. The number of hydrogen-bond acceptors (Lipinski definition) is 5. The van der Waals surface area contributed by atoms with Crippen molar-refractivity contribution in [2.75, 3.05) is 20.3 Å². The molecule has 1 aliphatic rings. The van der Waals surface area contributed by atoms with E-state index in [4.69, 9.17) is 14.2 Å². The highest BCUT2D eigenvalue weighted by Gasteiger charge is 2.43. The van der Waals surface area contributed by atoms with Crippen LogP contribution in [-0.2, 0) is 20.7 Å². The van der Waals surface area contributed by atoms with E-state index < -0.39 is 5.54 Å². The summed E-state index contributed by atoms with van der Waals surface area (Å²) in [5.74, 6) is 0.643. The molecule has 0 spiro atoms. The molecule has 0 atom stereocenters. The van der Waals surface area contributed by atoms with Crippen molar-refractivity contribution >= 4 is 27.8 Å². The van der Waals surface area contributed by atoms with Crippen molar-refractivity contribution in [3.63, 3.8) is 0 Å². The fraction of sp³-hybridized carbons (Fsp3) is 0.579. The lowest BCUT2D eigenvalue weighted by molar-refractivity contribution is -0.150. The van der Waals surface area contributed by atoms with E-state index in [9.17, 15) is 9.59 Å². The fourth-order valence-electron chi connectivity index (χ4n) is 3.29. The van der Waals surface area contributed by atoms with Gasteiger partial charge in [0, 0.05) is 4.47 Å². The second-order valence-corrected chi connectivity index (χ2v) is 7.12. The van der Waals surface area contributed by atoms with Crippen LogP contribution >= 0.6 is 15.9 Å². The van der Waals surface area contributed by atoms with Crippen LogP contribution in [0.2, 0.25) is 0 Å². The van der Waals surface area contributed by atoms with E-state index in [-0.39, 0.29) is 18.3 Å². The first-order valence-electron chi connectivity index (χ1n) is 8.93. The number of hydrogen-bond donors (Lipinski definition) is 1. The molecule has 0 aliphatic heterocycles. The second-order valence-electron chi connectivity index (χ2n) is 6.26. The Morgan fingerprint density at radius 3 is 2.23 bits per heavy atom. The van der Waals surface area contributed by atoms with Crippen molar-refractivity contribution in [1.29, 1.82) is 0 Å². The first-order chi connectivity index (χ1) is 12.5. The van der Waals surface area contributed by atoms with Gasteiger partial charge in [0.2, 0.25) is 5.91 Å². The molecule has 0 unspecified atom stereocenters. The average Bonchev–Trinajstić information content (AvgIpc) is 3.08. The summed E-state index contributed by atoms with van der Waals surface area (Å²) in [6, 6.07) is 3.61. The Hall–Kier alpha value is -1.76. The minimum absolute atomic E-state index is 0.131. The molecule has 1 fully saturated rings. The fourth-order valence-corrected chi connectivity index (χ4v) is 3.75. The smallest absolute Gasteiger partial charge is 0.331 e. The van der Waals surface area contributed by atoms with E-state index >= 15 is 0 Å². The molecule has 26 heavy (non-hydrogen) atoms.